The summed E-state index contributed by atoms with van der Waals surface area (Å²) in [5.41, 5.74) is 6.15. The van der Waals surface area contributed by atoms with E-state index in [-0.39, 0.29) is 6.04 Å². The summed E-state index contributed by atoms with van der Waals surface area (Å²) in [4.78, 5) is 4.38. The summed E-state index contributed by atoms with van der Waals surface area (Å²) in [6.45, 7) is 2.14. The average Bonchev–Trinajstić information content (AvgIpc) is 2.42. The van der Waals surface area contributed by atoms with Crippen LogP contribution in [0.25, 0.3) is 0 Å². The number of aromatic nitrogens is 1. The number of halogens is 1. The van der Waals surface area contributed by atoms with Gasteiger partial charge >= 0.3 is 0 Å². The minimum Gasteiger partial charge on any atom is -0.271 e. The lowest BCUT2D eigenvalue weighted by molar-refractivity contribution is 0.620. The van der Waals surface area contributed by atoms with Gasteiger partial charge in [0.25, 0.3) is 0 Å². The molecule has 0 bridgehead atoms. The van der Waals surface area contributed by atoms with Crippen molar-refractivity contribution in [2.45, 2.75) is 19.4 Å². The first-order chi connectivity index (χ1) is 8.74. The number of benzene rings is 1. The maximum atomic E-state index is 5.64. The molecule has 18 heavy (non-hydrogen) atoms. The molecule has 1 aromatic heterocycles. The second kappa shape index (κ2) is 6.09. The topological polar surface area (TPSA) is 50.9 Å². The van der Waals surface area contributed by atoms with Crippen molar-refractivity contribution in [3.05, 3.63) is 63.9 Å². The number of hydrogen-bond donors (Lipinski definition) is 2. The molecule has 3 N–H and O–H groups in total. The molecule has 4 heteroatoms. The summed E-state index contributed by atoms with van der Waals surface area (Å²) in [6, 6.07) is 12.3. The smallest absolute Gasteiger partial charge is 0.0881 e. The summed E-state index contributed by atoms with van der Waals surface area (Å²) >= 11 is 3.38. The van der Waals surface area contributed by atoms with E-state index in [0.29, 0.717) is 0 Å². The number of nitrogens with one attached hydrogen (secondary N) is 1. The van der Waals surface area contributed by atoms with Gasteiger partial charge in [-0.05, 0) is 45.6 Å². The van der Waals surface area contributed by atoms with Crippen molar-refractivity contribution >= 4 is 15.9 Å². The van der Waals surface area contributed by atoms with Crippen molar-refractivity contribution in [1.29, 1.82) is 0 Å². The van der Waals surface area contributed by atoms with Gasteiger partial charge in [-0.25, -0.2) is 5.43 Å². The van der Waals surface area contributed by atoms with Crippen molar-refractivity contribution in [1.82, 2.24) is 10.4 Å². The van der Waals surface area contributed by atoms with Crippen molar-refractivity contribution < 1.29 is 0 Å². The average molecular weight is 306 g/mol. The largest absolute Gasteiger partial charge is 0.271 e. The Balaban J connectivity index is 2.29. The summed E-state index contributed by atoms with van der Waals surface area (Å²) in [5, 5.41) is 0. The van der Waals surface area contributed by atoms with Gasteiger partial charge in [0.1, 0.15) is 0 Å². The fourth-order valence-electron chi connectivity index (χ4n) is 1.86. The highest BCUT2D eigenvalue weighted by atomic mass is 79.9. The third-order valence-corrected chi connectivity index (χ3v) is 3.40. The van der Waals surface area contributed by atoms with Gasteiger partial charge in [0, 0.05) is 10.7 Å². The number of pyridine rings is 1. The van der Waals surface area contributed by atoms with Crippen LogP contribution in [-0.4, -0.2) is 4.98 Å². The molecule has 0 aliphatic heterocycles. The van der Waals surface area contributed by atoms with Crippen LogP contribution in [-0.2, 0) is 6.42 Å². The molecular weight excluding hydrogens is 290 g/mol. The zero-order chi connectivity index (χ0) is 13.0. The predicted molar refractivity (Wildman–Crippen MR) is 76.9 cm³/mol. The van der Waals surface area contributed by atoms with Crippen LogP contribution < -0.4 is 11.3 Å². The Labute approximate surface area is 116 Å². The summed E-state index contributed by atoms with van der Waals surface area (Å²) in [7, 11) is 0. The molecule has 0 fully saturated rings. The van der Waals surface area contributed by atoms with Gasteiger partial charge in [0.2, 0.25) is 0 Å². The molecule has 2 rings (SSSR count). The number of hydrazine groups is 1. The van der Waals surface area contributed by atoms with Crippen molar-refractivity contribution in [3.8, 4) is 0 Å². The first-order valence-corrected chi connectivity index (χ1v) is 6.70. The van der Waals surface area contributed by atoms with Crippen LogP contribution >= 0.6 is 15.9 Å². The van der Waals surface area contributed by atoms with E-state index in [1.54, 1.807) is 6.20 Å². The van der Waals surface area contributed by atoms with E-state index in [9.17, 15) is 0 Å². The molecular formula is C14H16BrN3. The van der Waals surface area contributed by atoms with Crippen LogP contribution in [0.1, 0.15) is 29.8 Å². The Bertz CT molecular complexity index is 493. The van der Waals surface area contributed by atoms with Gasteiger partial charge in [-0.15, -0.1) is 0 Å². The number of nitrogens with two attached hydrogens (primary N) is 1. The highest BCUT2D eigenvalue weighted by molar-refractivity contribution is 9.10. The Morgan fingerprint density at radius 1 is 1.22 bits per heavy atom. The van der Waals surface area contributed by atoms with E-state index in [2.05, 4.69) is 57.5 Å². The molecule has 0 saturated heterocycles. The molecule has 1 atom stereocenters. The fraction of sp³-hybridized carbons (Fsp3) is 0.214. The van der Waals surface area contributed by atoms with Crippen LogP contribution in [0.2, 0.25) is 0 Å². The normalized spacial score (nSPS) is 12.4. The second-order valence-corrected chi connectivity index (χ2v) is 5.01. The van der Waals surface area contributed by atoms with Crippen LogP contribution in [0.5, 0.6) is 0 Å². The van der Waals surface area contributed by atoms with Gasteiger partial charge in [-0.2, -0.15) is 0 Å². The first kappa shape index (κ1) is 13.2. The fourth-order valence-corrected chi connectivity index (χ4v) is 2.09. The molecule has 0 aliphatic carbocycles. The van der Waals surface area contributed by atoms with Crippen molar-refractivity contribution in [2.75, 3.05) is 0 Å². The molecule has 3 nitrogen and oxygen atoms in total. The molecule has 1 unspecified atom stereocenters. The van der Waals surface area contributed by atoms with Gasteiger partial charge in [0.05, 0.1) is 11.7 Å². The summed E-state index contributed by atoms with van der Waals surface area (Å²) < 4.78 is 0.961. The Kier molecular flexibility index (Phi) is 4.47. The minimum absolute atomic E-state index is 0.0796. The predicted octanol–water partition coefficient (Wildman–Crippen LogP) is 2.96. The second-order valence-electron chi connectivity index (χ2n) is 4.10. The lowest BCUT2D eigenvalue weighted by atomic mass is 10.0. The summed E-state index contributed by atoms with van der Waals surface area (Å²) in [6.07, 6.45) is 2.82. The zero-order valence-corrected chi connectivity index (χ0v) is 11.8. The Hall–Kier alpha value is -1.23. The molecule has 0 radical (unpaired) electrons. The highest BCUT2D eigenvalue weighted by Gasteiger charge is 2.13. The van der Waals surface area contributed by atoms with E-state index in [1.165, 1.54) is 5.56 Å². The van der Waals surface area contributed by atoms with Crippen molar-refractivity contribution in [3.63, 3.8) is 0 Å². The van der Waals surface area contributed by atoms with Crippen LogP contribution in [0.15, 0.2) is 47.1 Å². The number of rotatable bonds is 4. The molecule has 0 amide bonds. The lowest BCUT2D eigenvalue weighted by Crippen LogP contribution is -2.29. The van der Waals surface area contributed by atoms with Gasteiger partial charge in [-0.3, -0.25) is 10.8 Å². The third kappa shape index (κ3) is 2.96. The molecule has 94 valence electrons. The van der Waals surface area contributed by atoms with E-state index in [4.69, 9.17) is 5.84 Å². The van der Waals surface area contributed by atoms with Crippen molar-refractivity contribution in [2.24, 2.45) is 5.84 Å². The van der Waals surface area contributed by atoms with Gasteiger partial charge < -0.3 is 0 Å². The maximum absolute atomic E-state index is 5.64. The zero-order valence-electron chi connectivity index (χ0n) is 10.2. The molecule has 1 aromatic carbocycles. The molecule has 2 aromatic rings. The van der Waals surface area contributed by atoms with E-state index in [0.717, 1.165) is 22.2 Å². The minimum atomic E-state index is -0.0796. The van der Waals surface area contributed by atoms with Crippen LogP contribution in [0.3, 0.4) is 0 Å². The quantitative estimate of drug-likeness (QED) is 0.674. The Morgan fingerprint density at radius 3 is 2.44 bits per heavy atom. The number of hydrogen-bond acceptors (Lipinski definition) is 3. The van der Waals surface area contributed by atoms with E-state index >= 15 is 0 Å². The van der Waals surface area contributed by atoms with Gasteiger partial charge in [0.15, 0.2) is 0 Å². The molecule has 0 saturated carbocycles. The maximum Gasteiger partial charge on any atom is 0.0881 e. The molecule has 0 spiro atoms. The monoisotopic (exact) mass is 305 g/mol. The van der Waals surface area contributed by atoms with E-state index in [1.807, 2.05) is 12.1 Å². The third-order valence-electron chi connectivity index (χ3n) is 2.93. The first-order valence-electron chi connectivity index (χ1n) is 5.91. The SMILES string of the molecule is CCc1ccc(C(NN)c2ccc(Br)cn2)cc1. The number of nitrogens with zero attached hydrogens (tertiary/aromatic N) is 1. The van der Waals surface area contributed by atoms with Crippen LogP contribution in [0, 0.1) is 0 Å². The lowest BCUT2D eigenvalue weighted by Gasteiger charge is -2.16. The molecule has 0 aliphatic rings. The number of aryl methyl sites for hydroxylation is 1. The summed E-state index contributed by atoms with van der Waals surface area (Å²) in [5.74, 6) is 5.64. The Morgan fingerprint density at radius 2 is 1.94 bits per heavy atom. The van der Waals surface area contributed by atoms with Crippen LogP contribution in [0.4, 0.5) is 0 Å². The molecule has 1 heterocycles. The standard InChI is InChI=1S/C14H16BrN3/c1-2-10-3-5-11(6-4-10)14(18-16)13-8-7-12(15)9-17-13/h3-9,14,18H,2,16H2,1H3. The van der Waals surface area contributed by atoms with Gasteiger partial charge in [-0.1, -0.05) is 31.2 Å². The van der Waals surface area contributed by atoms with E-state index < -0.39 is 0 Å². The highest BCUT2D eigenvalue weighted by Crippen LogP contribution is 2.21.